The van der Waals surface area contributed by atoms with Crippen molar-refractivity contribution in [1.29, 1.82) is 5.26 Å². The number of ether oxygens (including phenoxy) is 3. The van der Waals surface area contributed by atoms with Crippen LogP contribution in [-0.2, 0) is 29.8 Å². The van der Waals surface area contributed by atoms with Gasteiger partial charge in [0.05, 0.1) is 36.4 Å². The molecule has 0 unspecified atom stereocenters. The highest BCUT2D eigenvalue weighted by molar-refractivity contribution is 5.75. The van der Waals surface area contributed by atoms with E-state index < -0.39 is 23.6 Å². The summed E-state index contributed by atoms with van der Waals surface area (Å²) < 4.78 is 74.4. The summed E-state index contributed by atoms with van der Waals surface area (Å²) in [6.07, 6.45) is -2.11. The summed E-state index contributed by atoms with van der Waals surface area (Å²) in [4.78, 5) is 10.7. The van der Waals surface area contributed by atoms with Crippen LogP contribution in [0.1, 0.15) is 60.4 Å². The molecule has 3 aromatic heterocycles. The molecule has 2 atom stereocenters. The molecule has 3 aliphatic rings. The second-order valence-corrected chi connectivity index (χ2v) is 12.5. The predicted octanol–water partition coefficient (Wildman–Crippen LogP) is 5.45. The zero-order valence-electron chi connectivity index (χ0n) is 26.2. The molecule has 49 heavy (non-hydrogen) atoms. The molecule has 5 aromatic rings. The van der Waals surface area contributed by atoms with Gasteiger partial charge in [0, 0.05) is 19.1 Å². The van der Waals surface area contributed by atoms with Crippen molar-refractivity contribution in [2.75, 3.05) is 19.7 Å². The summed E-state index contributed by atoms with van der Waals surface area (Å²) in [6.45, 7) is 4.92. The fraction of sp³-hybridized carbons (Fsp3) is 0.394. The van der Waals surface area contributed by atoms with Gasteiger partial charge in [0.2, 0.25) is 11.6 Å². The Labute approximate surface area is 276 Å². The summed E-state index contributed by atoms with van der Waals surface area (Å²) in [5.74, 6) is -1.33. The summed E-state index contributed by atoms with van der Waals surface area (Å²) in [5, 5.41) is 23.2. The van der Waals surface area contributed by atoms with Gasteiger partial charge in [-0.3, -0.25) is 10.00 Å². The smallest absolute Gasteiger partial charge is 0.444 e. The van der Waals surface area contributed by atoms with Crippen LogP contribution in [0.2, 0.25) is 0 Å². The third kappa shape index (κ3) is 5.72. The number of aromatic amines is 1. The number of nitrogens with one attached hydrogen (secondary N) is 1. The molecule has 0 aliphatic carbocycles. The molecule has 16 heteroatoms. The maximum absolute atomic E-state index is 15.0. The average molecular weight is 676 g/mol. The van der Waals surface area contributed by atoms with Crippen LogP contribution in [0.15, 0.2) is 42.5 Å². The summed E-state index contributed by atoms with van der Waals surface area (Å²) in [6, 6.07) is 13.5. The van der Waals surface area contributed by atoms with E-state index in [0.717, 1.165) is 43.7 Å². The number of hydrogen-bond acceptors (Lipinski definition) is 10. The van der Waals surface area contributed by atoms with Crippen molar-refractivity contribution < 1.29 is 31.8 Å². The van der Waals surface area contributed by atoms with Crippen molar-refractivity contribution in [3.8, 4) is 29.1 Å². The quantitative estimate of drug-likeness (QED) is 0.222. The van der Waals surface area contributed by atoms with Crippen molar-refractivity contribution in [2.45, 2.75) is 63.3 Å². The standard InChI is InChI=1S/C33H29F4N9O3/c1-32(22-6-5-18(15-38)13-23(22)34)48-26-4-2-3-21(28(26)49-32)19-7-10-45(11-8-19)17-27-39-25-14-24(29-40-31(44-42-29)33(35,36)37)41-43-30(25)46(27)16-20-9-12-47-20/h2-6,13-14,19-20H,7-12,16-17H2,1H3,(H,40,42,44)/t20-,32-/m0/s1. The van der Waals surface area contributed by atoms with E-state index in [2.05, 4.69) is 25.2 Å². The lowest BCUT2D eigenvalue weighted by atomic mass is 9.88. The molecule has 1 N–H and O–H groups in total. The number of rotatable bonds is 7. The van der Waals surface area contributed by atoms with E-state index >= 15 is 0 Å². The van der Waals surface area contributed by atoms with E-state index in [-0.39, 0.29) is 34.7 Å². The molecule has 3 aliphatic heterocycles. The number of aromatic nitrogens is 7. The number of alkyl halides is 3. The minimum atomic E-state index is -4.67. The van der Waals surface area contributed by atoms with Crippen LogP contribution in [0.25, 0.3) is 22.7 Å². The number of benzene rings is 2. The summed E-state index contributed by atoms with van der Waals surface area (Å²) >= 11 is 0. The van der Waals surface area contributed by atoms with E-state index in [0.29, 0.717) is 42.4 Å². The Kier molecular flexibility index (Phi) is 7.49. The molecule has 2 aromatic carbocycles. The van der Waals surface area contributed by atoms with Gasteiger partial charge in [-0.15, -0.1) is 10.2 Å². The van der Waals surface area contributed by atoms with Gasteiger partial charge in [-0.05, 0) is 68.6 Å². The van der Waals surface area contributed by atoms with Gasteiger partial charge in [-0.1, -0.05) is 12.1 Å². The van der Waals surface area contributed by atoms with E-state index in [9.17, 15) is 17.6 Å². The topological polar surface area (TPSA) is 140 Å². The highest BCUT2D eigenvalue weighted by Crippen LogP contribution is 2.49. The number of nitriles is 1. The lowest BCUT2D eigenvalue weighted by Crippen LogP contribution is -2.35. The van der Waals surface area contributed by atoms with E-state index in [1.54, 1.807) is 19.1 Å². The lowest BCUT2D eigenvalue weighted by Gasteiger charge is -2.33. The van der Waals surface area contributed by atoms with Crippen molar-refractivity contribution in [1.82, 2.24) is 39.8 Å². The van der Waals surface area contributed by atoms with Gasteiger partial charge in [0.1, 0.15) is 22.9 Å². The van der Waals surface area contributed by atoms with E-state index in [1.165, 1.54) is 12.1 Å². The number of H-pyrrole nitrogens is 1. The van der Waals surface area contributed by atoms with Gasteiger partial charge in [-0.2, -0.15) is 23.5 Å². The number of imidazole rings is 1. The van der Waals surface area contributed by atoms with Crippen molar-refractivity contribution in [3.05, 3.63) is 76.6 Å². The Morgan fingerprint density at radius 3 is 2.57 bits per heavy atom. The summed E-state index contributed by atoms with van der Waals surface area (Å²) in [5.41, 5.74) is 2.48. The number of nitrogens with zero attached hydrogens (tertiary/aromatic N) is 8. The molecule has 0 amide bonds. The third-order valence-corrected chi connectivity index (χ3v) is 9.33. The molecule has 0 spiro atoms. The Bertz CT molecular complexity index is 2100. The van der Waals surface area contributed by atoms with Crippen molar-refractivity contribution >= 4 is 11.2 Å². The normalized spacial score (nSPS) is 21.2. The average Bonchev–Trinajstić information content (AvgIpc) is 3.78. The molecule has 6 heterocycles. The fourth-order valence-corrected chi connectivity index (χ4v) is 6.66. The van der Waals surface area contributed by atoms with Crippen LogP contribution >= 0.6 is 0 Å². The molecular weight excluding hydrogens is 646 g/mol. The zero-order chi connectivity index (χ0) is 33.9. The zero-order valence-corrected chi connectivity index (χ0v) is 26.2. The number of piperidine rings is 1. The molecular formula is C33H29F4N9O3. The lowest BCUT2D eigenvalue weighted by molar-refractivity contribution is -0.144. The van der Waals surface area contributed by atoms with Crippen molar-refractivity contribution in [3.63, 3.8) is 0 Å². The van der Waals surface area contributed by atoms with Crippen LogP contribution < -0.4 is 9.47 Å². The summed E-state index contributed by atoms with van der Waals surface area (Å²) in [7, 11) is 0. The Hall–Kier alpha value is -5.14. The maximum Gasteiger partial charge on any atom is 0.451 e. The molecule has 252 valence electrons. The Balaban J connectivity index is 0.996. The molecule has 2 fully saturated rings. The predicted molar refractivity (Wildman–Crippen MR) is 163 cm³/mol. The first kappa shape index (κ1) is 31.1. The van der Waals surface area contributed by atoms with Gasteiger partial charge < -0.3 is 18.8 Å². The molecule has 2 saturated heterocycles. The van der Waals surface area contributed by atoms with Gasteiger partial charge >= 0.3 is 6.18 Å². The number of hydrogen-bond donors (Lipinski definition) is 1. The van der Waals surface area contributed by atoms with Gasteiger partial charge in [0.15, 0.2) is 17.1 Å². The molecule has 12 nitrogen and oxygen atoms in total. The van der Waals surface area contributed by atoms with Gasteiger partial charge in [-0.25, -0.2) is 14.4 Å². The van der Waals surface area contributed by atoms with Crippen LogP contribution in [-0.4, -0.2) is 65.6 Å². The van der Waals surface area contributed by atoms with Crippen LogP contribution in [0.5, 0.6) is 11.5 Å². The minimum Gasteiger partial charge on any atom is -0.444 e. The van der Waals surface area contributed by atoms with E-state index in [4.69, 9.17) is 24.5 Å². The monoisotopic (exact) mass is 675 g/mol. The second kappa shape index (κ2) is 11.8. The largest absolute Gasteiger partial charge is 0.451 e. The molecule has 0 bridgehead atoms. The Morgan fingerprint density at radius 1 is 1.06 bits per heavy atom. The molecule has 0 radical (unpaired) electrons. The number of likely N-dealkylation sites (tertiary alicyclic amines) is 1. The second-order valence-electron chi connectivity index (χ2n) is 12.5. The highest BCUT2D eigenvalue weighted by atomic mass is 19.4. The third-order valence-electron chi connectivity index (χ3n) is 9.33. The van der Waals surface area contributed by atoms with Crippen molar-refractivity contribution in [2.24, 2.45) is 0 Å². The molecule has 8 rings (SSSR count). The SMILES string of the molecule is C[C@]1(c2ccc(C#N)cc2F)Oc2cccc(C3CCN(Cc4nc5cc(-c6n[nH]c(C(F)(F)F)n6)nnc5n4C[C@@H]4CCO4)CC3)c2O1. The highest BCUT2D eigenvalue weighted by Gasteiger charge is 2.43. The van der Waals surface area contributed by atoms with Crippen LogP contribution in [0, 0.1) is 17.1 Å². The van der Waals surface area contributed by atoms with Gasteiger partial charge in [0.25, 0.3) is 5.79 Å². The van der Waals surface area contributed by atoms with Crippen LogP contribution in [0.3, 0.4) is 0 Å². The maximum atomic E-state index is 15.0. The van der Waals surface area contributed by atoms with Crippen LogP contribution in [0.4, 0.5) is 17.6 Å². The number of para-hydroxylation sites is 1. The number of halogens is 4. The van der Waals surface area contributed by atoms with E-state index in [1.807, 2.05) is 33.9 Å². The first-order valence-electron chi connectivity index (χ1n) is 15.9. The Morgan fingerprint density at radius 2 is 1.88 bits per heavy atom. The fourth-order valence-electron chi connectivity index (χ4n) is 6.66. The minimum absolute atomic E-state index is 0.0107. The first-order chi connectivity index (χ1) is 23.6. The first-order valence-corrected chi connectivity index (χ1v) is 15.9. The molecule has 0 saturated carbocycles. The number of fused-ring (bicyclic) bond motifs is 2.